The smallest absolute Gasteiger partial charge is 0.272 e. The van der Waals surface area contributed by atoms with E-state index in [1.807, 2.05) is 77.9 Å². The van der Waals surface area contributed by atoms with Crippen LogP contribution in [0.5, 0.6) is 5.88 Å². The van der Waals surface area contributed by atoms with Crippen LogP contribution in [0.2, 0.25) is 0 Å². The number of benzene rings is 2. The number of hydrazone groups is 1. The quantitative estimate of drug-likeness (QED) is 0.295. The molecule has 1 unspecified atom stereocenters. The molecule has 3 heterocycles. The van der Waals surface area contributed by atoms with Crippen molar-refractivity contribution >= 4 is 17.9 Å². The summed E-state index contributed by atoms with van der Waals surface area (Å²) in [6.45, 7) is 2.52. The minimum atomic E-state index is -0.410. The first kappa shape index (κ1) is 23.7. The molecule has 1 atom stereocenters. The lowest BCUT2D eigenvalue weighted by Gasteiger charge is -2.34. The predicted octanol–water partition coefficient (Wildman–Crippen LogP) is 5.41. The van der Waals surface area contributed by atoms with Crippen LogP contribution in [0.4, 0.5) is 0 Å². The summed E-state index contributed by atoms with van der Waals surface area (Å²) in [7, 11) is 0. The van der Waals surface area contributed by atoms with Crippen molar-refractivity contribution in [2.24, 2.45) is 5.10 Å². The van der Waals surface area contributed by atoms with Gasteiger partial charge in [-0.15, -0.1) is 0 Å². The maximum atomic E-state index is 13.8. The first-order valence-corrected chi connectivity index (χ1v) is 12.4. The molecule has 0 saturated carbocycles. The fourth-order valence-corrected chi connectivity index (χ4v) is 5.10. The number of nitrogens with zero attached hydrogens (tertiary/aromatic N) is 5. The average Bonchev–Trinajstić information content (AvgIpc) is 2.91. The maximum absolute atomic E-state index is 13.8. The first-order chi connectivity index (χ1) is 17.6. The molecule has 0 spiro atoms. The van der Waals surface area contributed by atoms with Crippen LogP contribution in [-0.4, -0.2) is 36.5 Å². The van der Waals surface area contributed by atoms with Crippen molar-refractivity contribution in [3.05, 3.63) is 111 Å². The van der Waals surface area contributed by atoms with Gasteiger partial charge in [0.25, 0.3) is 5.56 Å². The molecular weight excluding hydrogens is 470 g/mol. The molecule has 0 bridgehead atoms. The van der Waals surface area contributed by atoms with E-state index in [1.165, 1.54) is 9.13 Å². The van der Waals surface area contributed by atoms with Crippen molar-refractivity contribution in [1.29, 1.82) is 0 Å². The van der Waals surface area contributed by atoms with Gasteiger partial charge in [0.1, 0.15) is 5.56 Å². The average molecular weight is 498 g/mol. The number of aromatic nitrogens is 3. The second kappa shape index (κ2) is 10.3. The molecule has 8 heteroatoms. The van der Waals surface area contributed by atoms with Crippen molar-refractivity contribution in [1.82, 2.24) is 19.1 Å². The highest BCUT2D eigenvalue weighted by molar-refractivity contribution is 7.71. The van der Waals surface area contributed by atoms with E-state index >= 15 is 0 Å². The van der Waals surface area contributed by atoms with Crippen molar-refractivity contribution < 1.29 is 5.11 Å². The highest BCUT2D eigenvalue weighted by atomic mass is 32.1. The van der Waals surface area contributed by atoms with E-state index in [-0.39, 0.29) is 22.3 Å². The van der Waals surface area contributed by atoms with Crippen LogP contribution in [0.1, 0.15) is 43.4 Å². The van der Waals surface area contributed by atoms with Gasteiger partial charge in [0.05, 0.1) is 23.1 Å². The van der Waals surface area contributed by atoms with E-state index in [9.17, 15) is 9.90 Å². The summed E-state index contributed by atoms with van der Waals surface area (Å²) in [5.41, 5.74) is 2.50. The lowest BCUT2D eigenvalue weighted by Crippen LogP contribution is -2.33. The van der Waals surface area contributed by atoms with Gasteiger partial charge in [-0.3, -0.25) is 23.9 Å². The van der Waals surface area contributed by atoms with Gasteiger partial charge < -0.3 is 5.11 Å². The fourth-order valence-electron chi connectivity index (χ4n) is 4.72. The molecule has 7 nitrogen and oxygen atoms in total. The number of rotatable bonds is 5. The number of hydrogen-bond donors (Lipinski definition) is 1. The zero-order chi connectivity index (χ0) is 25.1. The topological polar surface area (TPSA) is 75.7 Å². The molecule has 1 fully saturated rings. The van der Waals surface area contributed by atoms with Crippen LogP contribution in [0.3, 0.4) is 0 Å². The molecule has 0 aliphatic carbocycles. The Morgan fingerprint density at radius 1 is 0.972 bits per heavy atom. The zero-order valence-electron chi connectivity index (χ0n) is 20.0. The third kappa shape index (κ3) is 4.47. The van der Waals surface area contributed by atoms with Crippen LogP contribution < -0.4 is 5.56 Å². The predicted molar refractivity (Wildman–Crippen MR) is 144 cm³/mol. The van der Waals surface area contributed by atoms with E-state index in [0.29, 0.717) is 17.1 Å². The summed E-state index contributed by atoms with van der Waals surface area (Å²) in [6, 6.07) is 22.6. The Morgan fingerprint density at radius 2 is 1.64 bits per heavy atom. The van der Waals surface area contributed by atoms with Crippen LogP contribution in [-0.2, 0) is 0 Å². The molecular formula is C28H27N5O2S. The van der Waals surface area contributed by atoms with Crippen LogP contribution in [0.15, 0.2) is 95.1 Å². The minimum Gasteiger partial charge on any atom is -0.494 e. The summed E-state index contributed by atoms with van der Waals surface area (Å²) in [6.07, 6.45) is 6.66. The Labute approximate surface area is 214 Å². The van der Waals surface area contributed by atoms with Crippen LogP contribution >= 0.6 is 12.2 Å². The first-order valence-electron chi connectivity index (χ1n) is 12.0. The summed E-state index contributed by atoms with van der Waals surface area (Å²) in [5.74, 6) is -0.223. The Balaban J connectivity index is 1.70. The number of hydrogen-bond acceptors (Lipinski definition) is 6. The van der Waals surface area contributed by atoms with Crippen molar-refractivity contribution in [2.45, 2.75) is 32.2 Å². The highest BCUT2D eigenvalue weighted by Gasteiger charge is 2.26. The van der Waals surface area contributed by atoms with Gasteiger partial charge in [-0.25, -0.2) is 0 Å². The normalized spacial score (nSPS) is 16.2. The van der Waals surface area contributed by atoms with Gasteiger partial charge in [0.15, 0.2) is 4.77 Å². The van der Waals surface area contributed by atoms with E-state index in [0.717, 1.165) is 31.4 Å². The summed E-state index contributed by atoms with van der Waals surface area (Å²) in [5, 5.41) is 18.3. The van der Waals surface area contributed by atoms with E-state index in [2.05, 4.69) is 11.1 Å². The number of piperidine rings is 1. The van der Waals surface area contributed by atoms with Gasteiger partial charge in [-0.1, -0.05) is 42.5 Å². The van der Waals surface area contributed by atoms with Gasteiger partial charge in [0.2, 0.25) is 5.88 Å². The lowest BCUT2D eigenvalue weighted by atomic mass is 9.98. The minimum absolute atomic E-state index is 0.0559. The van der Waals surface area contributed by atoms with Gasteiger partial charge >= 0.3 is 0 Å². The Morgan fingerprint density at radius 3 is 2.28 bits per heavy atom. The molecule has 0 amide bonds. The second-order valence-electron chi connectivity index (χ2n) is 8.77. The third-order valence-corrected chi connectivity index (χ3v) is 6.81. The molecule has 0 radical (unpaired) electrons. The Hall–Kier alpha value is -4.04. The molecule has 182 valence electrons. The molecule has 1 saturated heterocycles. The molecule has 2 aromatic carbocycles. The van der Waals surface area contributed by atoms with Gasteiger partial charge in [-0.05, 0) is 74.3 Å². The van der Waals surface area contributed by atoms with Crippen LogP contribution in [0.25, 0.3) is 11.4 Å². The van der Waals surface area contributed by atoms with Gasteiger partial charge in [0, 0.05) is 18.9 Å². The van der Waals surface area contributed by atoms with E-state index < -0.39 is 5.56 Å². The number of para-hydroxylation sites is 2. The molecule has 36 heavy (non-hydrogen) atoms. The Kier molecular flexibility index (Phi) is 6.77. The standard InChI is InChI=1S/C28H27N5O2S/c1-20(30-31-18-9-8-16-24(31)21-11-10-17-29-19-21)25-26(34)32(22-12-4-2-5-13-22)28(36)33(27(25)35)23-14-6-3-7-15-23/h2-7,10-15,17,19,24,34H,8-9,16,18H2,1H3. The molecule has 4 aromatic rings. The third-order valence-electron chi connectivity index (χ3n) is 6.45. The summed E-state index contributed by atoms with van der Waals surface area (Å²) in [4.78, 5) is 18.1. The maximum Gasteiger partial charge on any atom is 0.272 e. The molecule has 5 rings (SSSR count). The van der Waals surface area contributed by atoms with Crippen molar-refractivity contribution in [3.63, 3.8) is 0 Å². The van der Waals surface area contributed by atoms with Crippen LogP contribution in [0, 0.1) is 4.77 Å². The van der Waals surface area contributed by atoms with Gasteiger partial charge in [-0.2, -0.15) is 5.10 Å². The molecule has 1 aliphatic rings. The largest absolute Gasteiger partial charge is 0.494 e. The second-order valence-corrected chi connectivity index (χ2v) is 9.14. The van der Waals surface area contributed by atoms with E-state index in [1.54, 1.807) is 13.1 Å². The molecule has 1 aliphatic heterocycles. The summed E-state index contributed by atoms with van der Waals surface area (Å²) >= 11 is 5.73. The van der Waals surface area contributed by atoms with E-state index in [4.69, 9.17) is 17.3 Å². The Bertz CT molecular complexity index is 1500. The monoisotopic (exact) mass is 497 g/mol. The molecule has 1 N–H and O–H groups in total. The molecule has 2 aromatic heterocycles. The number of aromatic hydroxyl groups is 1. The zero-order valence-corrected chi connectivity index (χ0v) is 20.8. The summed E-state index contributed by atoms with van der Waals surface area (Å²) < 4.78 is 3.15. The fraction of sp³-hybridized carbons (Fsp3) is 0.214. The number of pyridine rings is 1. The van der Waals surface area contributed by atoms with Crippen molar-refractivity contribution in [2.75, 3.05) is 6.54 Å². The highest BCUT2D eigenvalue weighted by Crippen LogP contribution is 2.31. The van der Waals surface area contributed by atoms with Crippen molar-refractivity contribution in [3.8, 4) is 17.3 Å². The SMILES string of the molecule is CC(=NN1CCCCC1c1cccnc1)c1c(O)n(-c2ccccc2)c(=S)n(-c2ccccc2)c1=O. The lowest BCUT2D eigenvalue weighted by molar-refractivity contribution is 0.155.